The van der Waals surface area contributed by atoms with Crippen molar-refractivity contribution in [3.63, 3.8) is 0 Å². The predicted molar refractivity (Wildman–Crippen MR) is 146 cm³/mol. The van der Waals surface area contributed by atoms with Crippen molar-refractivity contribution >= 4 is 28.7 Å². The smallest absolute Gasteiger partial charge is 0.272 e. The van der Waals surface area contributed by atoms with Crippen molar-refractivity contribution in [2.24, 2.45) is 0 Å². The van der Waals surface area contributed by atoms with Crippen molar-refractivity contribution in [1.29, 1.82) is 0 Å². The van der Waals surface area contributed by atoms with Crippen LogP contribution in [0.5, 0.6) is 5.75 Å². The zero-order valence-corrected chi connectivity index (χ0v) is 22.3. The van der Waals surface area contributed by atoms with E-state index in [-0.39, 0.29) is 23.1 Å². The van der Waals surface area contributed by atoms with Crippen LogP contribution in [0.2, 0.25) is 0 Å². The molecule has 4 rings (SSSR count). The standard InChI is InChI=1S/C28H33N5O2S/c1-28(2,3)20-8-6-19(7-9-20)18-33-25-16-21(35-4)10-11-22(25)31-26(33)23(12-15-36-5)32-27(34)24-17-29-13-14-30-24/h6-11,13-14,16-17,23H,12,15,18H2,1-5H3,(H,32,34). The van der Waals surface area contributed by atoms with Gasteiger partial charge in [-0.25, -0.2) is 9.97 Å². The molecule has 0 aliphatic heterocycles. The Balaban J connectivity index is 1.76. The Bertz CT molecular complexity index is 1310. The summed E-state index contributed by atoms with van der Waals surface area (Å²) in [6.07, 6.45) is 7.35. The molecule has 4 aromatic rings. The number of thioether (sulfide) groups is 1. The summed E-state index contributed by atoms with van der Waals surface area (Å²) in [4.78, 5) is 26.2. The average Bonchev–Trinajstić information content (AvgIpc) is 3.24. The van der Waals surface area contributed by atoms with Gasteiger partial charge in [-0.15, -0.1) is 0 Å². The number of fused-ring (bicyclic) bond motifs is 1. The number of methoxy groups -OCH3 is 1. The highest BCUT2D eigenvalue weighted by molar-refractivity contribution is 7.98. The zero-order chi connectivity index (χ0) is 25.7. The number of rotatable bonds is 9. The highest BCUT2D eigenvalue weighted by Gasteiger charge is 2.24. The molecule has 188 valence electrons. The molecule has 2 aromatic heterocycles. The maximum absolute atomic E-state index is 13.0. The molecule has 1 amide bonds. The highest BCUT2D eigenvalue weighted by Crippen LogP contribution is 2.29. The first-order valence-electron chi connectivity index (χ1n) is 12.0. The van der Waals surface area contributed by atoms with E-state index in [1.807, 2.05) is 18.2 Å². The van der Waals surface area contributed by atoms with Crippen molar-refractivity contribution < 1.29 is 9.53 Å². The van der Waals surface area contributed by atoms with Gasteiger partial charge >= 0.3 is 0 Å². The largest absolute Gasteiger partial charge is 0.497 e. The maximum atomic E-state index is 13.0. The van der Waals surface area contributed by atoms with Gasteiger partial charge in [0.15, 0.2) is 0 Å². The molecule has 0 bridgehead atoms. The second-order valence-corrected chi connectivity index (χ2v) is 10.7. The number of nitrogens with one attached hydrogen (secondary N) is 1. The van der Waals surface area contributed by atoms with Gasteiger partial charge in [-0.1, -0.05) is 45.0 Å². The van der Waals surface area contributed by atoms with E-state index in [2.05, 4.69) is 71.1 Å². The molecule has 1 N–H and O–H groups in total. The molecular weight excluding hydrogens is 470 g/mol. The average molecular weight is 504 g/mol. The summed E-state index contributed by atoms with van der Waals surface area (Å²) in [6.45, 7) is 7.27. The van der Waals surface area contributed by atoms with Crippen LogP contribution in [0.1, 0.15) is 60.7 Å². The first-order chi connectivity index (χ1) is 17.3. The minimum Gasteiger partial charge on any atom is -0.497 e. The molecule has 0 fully saturated rings. The number of ether oxygens (including phenoxy) is 1. The van der Waals surface area contributed by atoms with E-state index in [4.69, 9.17) is 9.72 Å². The van der Waals surface area contributed by atoms with Crippen molar-refractivity contribution in [3.8, 4) is 5.75 Å². The van der Waals surface area contributed by atoms with E-state index in [0.717, 1.165) is 40.3 Å². The second-order valence-electron chi connectivity index (χ2n) is 9.76. The molecule has 7 nitrogen and oxygen atoms in total. The molecule has 2 heterocycles. The summed E-state index contributed by atoms with van der Waals surface area (Å²) in [5.41, 5.74) is 4.65. The van der Waals surface area contributed by atoms with Gasteiger partial charge in [0.1, 0.15) is 17.3 Å². The van der Waals surface area contributed by atoms with Crippen LogP contribution in [0.4, 0.5) is 0 Å². The molecule has 1 atom stereocenters. The van der Waals surface area contributed by atoms with Gasteiger partial charge in [0.2, 0.25) is 0 Å². The van der Waals surface area contributed by atoms with E-state index < -0.39 is 0 Å². The summed E-state index contributed by atoms with van der Waals surface area (Å²) < 4.78 is 7.69. The van der Waals surface area contributed by atoms with Gasteiger partial charge in [-0.2, -0.15) is 11.8 Å². The summed E-state index contributed by atoms with van der Waals surface area (Å²) in [5, 5.41) is 3.16. The van der Waals surface area contributed by atoms with Gasteiger partial charge in [-0.05, 0) is 47.1 Å². The van der Waals surface area contributed by atoms with Crippen LogP contribution in [0.25, 0.3) is 11.0 Å². The minimum absolute atomic E-state index is 0.0896. The van der Waals surface area contributed by atoms with Crippen LogP contribution in [-0.4, -0.2) is 44.5 Å². The molecule has 0 aliphatic carbocycles. The molecule has 8 heteroatoms. The van der Waals surface area contributed by atoms with Crippen LogP contribution in [0.15, 0.2) is 61.1 Å². The van der Waals surface area contributed by atoms with Gasteiger partial charge in [0.25, 0.3) is 5.91 Å². The van der Waals surface area contributed by atoms with E-state index in [1.165, 1.54) is 18.0 Å². The molecule has 36 heavy (non-hydrogen) atoms. The quantitative estimate of drug-likeness (QED) is 0.329. The van der Waals surface area contributed by atoms with Crippen molar-refractivity contribution in [2.75, 3.05) is 19.1 Å². The van der Waals surface area contributed by atoms with Gasteiger partial charge < -0.3 is 14.6 Å². The minimum atomic E-state index is -0.292. The molecule has 0 radical (unpaired) electrons. The predicted octanol–water partition coefficient (Wildman–Crippen LogP) is 5.40. The van der Waals surface area contributed by atoms with Gasteiger partial charge in [-0.3, -0.25) is 9.78 Å². The number of imidazole rings is 1. The lowest BCUT2D eigenvalue weighted by atomic mass is 9.87. The SMILES string of the molecule is COc1ccc2nc(C(CCSC)NC(=O)c3cnccn3)n(Cc3ccc(C(C)(C)C)cc3)c2c1. The number of amides is 1. The zero-order valence-electron chi connectivity index (χ0n) is 21.5. The molecule has 0 spiro atoms. The van der Waals surface area contributed by atoms with E-state index >= 15 is 0 Å². The number of benzene rings is 2. The van der Waals surface area contributed by atoms with Crippen LogP contribution in [-0.2, 0) is 12.0 Å². The number of carbonyl (C=O) groups is 1. The maximum Gasteiger partial charge on any atom is 0.272 e. The molecule has 1 unspecified atom stereocenters. The first kappa shape index (κ1) is 25.7. The fourth-order valence-electron chi connectivity index (χ4n) is 4.12. The summed E-state index contributed by atoms with van der Waals surface area (Å²) in [5.74, 6) is 2.19. The number of carbonyl (C=O) groups excluding carboxylic acids is 1. The Hall–Kier alpha value is -3.39. The molecule has 0 saturated heterocycles. The second kappa shape index (κ2) is 11.1. The number of hydrogen-bond donors (Lipinski definition) is 1. The highest BCUT2D eigenvalue weighted by atomic mass is 32.2. The molecular formula is C28H33N5O2S. The van der Waals surface area contributed by atoms with Gasteiger partial charge in [0, 0.05) is 25.0 Å². The lowest BCUT2D eigenvalue weighted by Gasteiger charge is -2.21. The fourth-order valence-corrected chi connectivity index (χ4v) is 4.59. The number of nitrogens with zero attached hydrogens (tertiary/aromatic N) is 4. The normalized spacial score (nSPS) is 12.5. The molecule has 2 aromatic carbocycles. The first-order valence-corrected chi connectivity index (χ1v) is 13.4. The Morgan fingerprint density at radius 1 is 1.14 bits per heavy atom. The monoisotopic (exact) mass is 503 g/mol. The Labute approximate surface area is 216 Å². The van der Waals surface area contributed by atoms with Crippen molar-refractivity contribution in [3.05, 3.63) is 83.7 Å². The van der Waals surface area contributed by atoms with Gasteiger partial charge in [0.05, 0.1) is 30.4 Å². The summed E-state index contributed by atoms with van der Waals surface area (Å²) >= 11 is 1.74. The fraction of sp³-hybridized carbons (Fsp3) is 0.357. The Morgan fingerprint density at radius 3 is 2.56 bits per heavy atom. The topological polar surface area (TPSA) is 81.9 Å². The lowest BCUT2D eigenvalue weighted by molar-refractivity contribution is 0.0928. The third kappa shape index (κ3) is 5.87. The van der Waals surface area contributed by atoms with Crippen LogP contribution < -0.4 is 10.1 Å². The summed E-state index contributed by atoms with van der Waals surface area (Å²) in [7, 11) is 1.66. The Kier molecular flexibility index (Phi) is 7.94. The van der Waals surface area contributed by atoms with E-state index in [0.29, 0.717) is 6.54 Å². The lowest BCUT2D eigenvalue weighted by Crippen LogP contribution is -2.31. The Morgan fingerprint density at radius 2 is 1.92 bits per heavy atom. The van der Waals surface area contributed by atoms with E-state index in [9.17, 15) is 4.79 Å². The number of hydrogen-bond acceptors (Lipinski definition) is 6. The molecule has 0 saturated carbocycles. The van der Waals surface area contributed by atoms with Crippen LogP contribution in [0, 0.1) is 0 Å². The van der Waals surface area contributed by atoms with Crippen LogP contribution >= 0.6 is 11.8 Å². The van der Waals surface area contributed by atoms with E-state index in [1.54, 1.807) is 25.1 Å². The van der Waals surface area contributed by atoms with Crippen molar-refractivity contribution in [2.45, 2.75) is 45.2 Å². The summed E-state index contributed by atoms with van der Waals surface area (Å²) in [6, 6.07) is 14.3. The third-order valence-electron chi connectivity index (χ3n) is 6.17. The number of aromatic nitrogens is 4. The van der Waals surface area contributed by atoms with Crippen LogP contribution in [0.3, 0.4) is 0 Å². The van der Waals surface area contributed by atoms with Crippen molar-refractivity contribution in [1.82, 2.24) is 24.8 Å². The molecule has 0 aliphatic rings. The third-order valence-corrected chi connectivity index (χ3v) is 6.81.